The molecule has 3 heteroatoms. The van der Waals surface area contributed by atoms with Crippen LogP contribution >= 0.6 is 0 Å². The molecular formula is C16H32O2Si. The number of hydrogen-bond acceptors (Lipinski definition) is 2. The molecule has 0 heterocycles. The Morgan fingerprint density at radius 1 is 0.579 bits per heavy atom. The Labute approximate surface area is 120 Å². The van der Waals surface area contributed by atoms with E-state index >= 15 is 0 Å². The Morgan fingerprint density at radius 3 is 1.16 bits per heavy atom. The highest BCUT2D eigenvalue weighted by Crippen LogP contribution is 2.47. The van der Waals surface area contributed by atoms with Crippen LogP contribution in [0.25, 0.3) is 0 Å². The van der Waals surface area contributed by atoms with Gasteiger partial charge < -0.3 is 8.85 Å². The molecule has 0 aromatic rings. The molecule has 112 valence electrons. The summed E-state index contributed by atoms with van der Waals surface area (Å²) in [4.78, 5) is 0. The zero-order chi connectivity index (χ0) is 13.6. The van der Waals surface area contributed by atoms with Crippen LogP contribution in [0.15, 0.2) is 0 Å². The van der Waals surface area contributed by atoms with Gasteiger partial charge in [0.05, 0.1) is 0 Å². The third kappa shape index (κ3) is 3.62. The topological polar surface area (TPSA) is 18.5 Å². The third-order valence-corrected chi connectivity index (χ3v) is 10.2. The van der Waals surface area contributed by atoms with Crippen molar-refractivity contribution in [3.05, 3.63) is 0 Å². The van der Waals surface area contributed by atoms with Gasteiger partial charge in [-0.15, -0.1) is 0 Å². The predicted molar refractivity (Wildman–Crippen MR) is 82.7 cm³/mol. The summed E-state index contributed by atoms with van der Waals surface area (Å²) in [6.45, 7) is 0. The fraction of sp³-hybridized carbons (Fsp3) is 1.00. The van der Waals surface area contributed by atoms with Crippen molar-refractivity contribution in [3.63, 3.8) is 0 Å². The molecule has 0 spiro atoms. The lowest BCUT2D eigenvalue weighted by Crippen LogP contribution is -2.49. The molecule has 0 amide bonds. The van der Waals surface area contributed by atoms with E-state index in [1.54, 1.807) is 0 Å². The molecule has 2 aliphatic rings. The van der Waals surface area contributed by atoms with Gasteiger partial charge in [0.15, 0.2) is 0 Å². The van der Waals surface area contributed by atoms with E-state index in [0.717, 1.165) is 11.1 Å². The van der Waals surface area contributed by atoms with Crippen molar-refractivity contribution in [3.8, 4) is 0 Å². The quantitative estimate of drug-likeness (QED) is 0.524. The van der Waals surface area contributed by atoms with Crippen LogP contribution < -0.4 is 0 Å². The van der Waals surface area contributed by atoms with Crippen LogP contribution in [0.4, 0.5) is 0 Å². The maximum absolute atomic E-state index is 6.19. The molecule has 0 bridgehead atoms. The summed E-state index contributed by atoms with van der Waals surface area (Å²) >= 11 is 0. The van der Waals surface area contributed by atoms with Gasteiger partial charge in [-0.05, 0) is 25.7 Å². The monoisotopic (exact) mass is 284 g/mol. The van der Waals surface area contributed by atoms with Crippen LogP contribution in [0, 0.1) is 0 Å². The number of hydrogen-bond donors (Lipinski definition) is 0. The molecular weight excluding hydrogens is 252 g/mol. The fourth-order valence-electron chi connectivity index (χ4n) is 4.45. The minimum atomic E-state index is -2.01. The van der Waals surface area contributed by atoms with Crippen LogP contribution in [-0.4, -0.2) is 22.8 Å². The zero-order valence-corrected chi connectivity index (χ0v) is 14.0. The Morgan fingerprint density at radius 2 is 0.895 bits per heavy atom. The molecule has 2 rings (SSSR count). The average molecular weight is 285 g/mol. The maximum atomic E-state index is 6.19. The zero-order valence-electron chi connectivity index (χ0n) is 13.0. The first-order valence-corrected chi connectivity index (χ1v) is 10.4. The molecule has 0 unspecified atom stereocenters. The van der Waals surface area contributed by atoms with Gasteiger partial charge in [0.2, 0.25) is 0 Å². The first kappa shape index (κ1) is 15.5. The lowest BCUT2D eigenvalue weighted by Gasteiger charge is -2.40. The average Bonchev–Trinajstić information content (AvgIpc) is 2.86. The first-order chi connectivity index (χ1) is 9.33. The Hall–Kier alpha value is 0.137. The van der Waals surface area contributed by atoms with Gasteiger partial charge >= 0.3 is 8.56 Å². The van der Waals surface area contributed by atoms with E-state index in [9.17, 15) is 0 Å². The summed E-state index contributed by atoms with van der Waals surface area (Å²) < 4.78 is 12.4. The van der Waals surface area contributed by atoms with Gasteiger partial charge in [0, 0.05) is 25.3 Å². The van der Waals surface area contributed by atoms with E-state index in [2.05, 4.69) is 0 Å². The van der Waals surface area contributed by atoms with Crippen molar-refractivity contribution in [2.75, 3.05) is 14.2 Å². The third-order valence-electron chi connectivity index (χ3n) is 5.49. The molecule has 0 aliphatic heterocycles. The van der Waals surface area contributed by atoms with E-state index in [0.29, 0.717) is 0 Å². The minimum Gasteiger partial charge on any atom is -0.397 e. The summed E-state index contributed by atoms with van der Waals surface area (Å²) in [5, 5.41) is 0. The Balaban J connectivity index is 2.13. The van der Waals surface area contributed by atoms with Crippen molar-refractivity contribution >= 4 is 8.56 Å². The fourth-order valence-corrected chi connectivity index (χ4v) is 9.04. The van der Waals surface area contributed by atoms with Crippen molar-refractivity contribution in [2.24, 2.45) is 0 Å². The Kier molecular flexibility index (Phi) is 6.37. The highest BCUT2D eigenvalue weighted by molar-refractivity contribution is 6.70. The SMILES string of the molecule is CO[Si](OC)(C1CCCCCC1)C1CCCCCC1. The summed E-state index contributed by atoms with van der Waals surface area (Å²) in [6, 6.07) is 0. The maximum Gasteiger partial charge on any atom is 0.344 e. The molecule has 19 heavy (non-hydrogen) atoms. The van der Waals surface area contributed by atoms with Crippen LogP contribution in [-0.2, 0) is 8.85 Å². The van der Waals surface area contributed by atoms with E-state index in [-0.39, 0.29) is 0 Å². The minimum absolute atomic E-state index is 0.744. The second kappa shape index (κ2) is 7.80. The van der Waals surface area contributed by atoms with Gasteiger partial charge in [0.1, 0.15) is 0 Å². The second-order valence-corrected chi connectivity index (χ2v) is 10.4. The van der Waals surface area contributed by atoms with Crippen LogP contribution in [0.5, 0.6) is 0 Å². The first-order valence-electron chi connectivity index (χ1n) is 8.44. The smallest absolute Gasteiger partial charge is 0.344 e. The highest BCUT2D eigenvalue weighted by atomic mass is 28.4. The van der Waals surface area contributed by atoms with E-state index in [4.69, 9.17) is 8.85 Å². The standard InChI is InChI=1S/C16H32O2Si/c1-17-19(18-2,15-11-7-3-4-8-12-15)16-13-9-5-6-10-14-16/h15-16H,3-14H2,1-2H3. The molecule has 0 aromatic carbocycles. The Bertz CT molecular complexity index is 215. The van der Waals surface area contributed by atoms with Gasteiger partial charge in [-0.2, -0.15) is 0 Å². The largest absolute Gasteiger partial charge is 0.397 e. The summed E-state index contributed by atoms with van der Waals surface area (Å²) in [5.74, 6) is 0. The van der Waals surface area contributed by atoms with E-state index < -0.39 is 8.56 Å². The van der Waals surface area contributed by atoms with Crippen LogP contribution in [0.1, 0.15) is 77.0 Å². The van der Waals surface area contributed by atoms with Crippen LogP contribution in [0.2, 0.25) is 11.1 Å². The molecule has 2 nitrogen and oxygen atoms in total. The molecule has 2 fully saturated rings. The predicted octanol–water partition coefficient (Wildman–Crippen LogP) is 5.17. The molecule has 0 N–H and O–H groups in total. The number of rotatable bonds is 4. The van der Waals surface area contributed by atoms with Gasteiger partial charge in [-0.3, -0.25) is 0 Å². The molecule has 2 aliphatic carbocycles. The highest BCUT2D eigenvalue weighted by Gasteiger charge is 2.50. The molecule has 0 radical (unpaired) electrons. The molecule has 0 aromatic heterocycles. The van der Waals surface area contributed by atoms with Crippen molar-refractivity contribution in [2.45, 2.75) is 88.1 Å². The summed E-state index contributed by atoms with van der Waals surface area (Å²) in [7, 11) is 1.87. The van der Waals surface area contributed by atoms with Crippen LogP contribution in [0.3, 0.4) is 0 Å². The van der Waals surface area contributed by atoms with Gasteiger partial charge in [-0.25, -0.2) is 0 Å². The lowest BCUT2D eigenvalue weighted by atomic mass is 10.2. The summed E-state index contributed by atoms with van der Waals surface area (Å²) in [6.07, 6.45) is 16.6. The molecule has 0 saturated heterocycles. The van der Waals surface area contributed by atoms with Gasteiger partial charge in [-0.1, -0.05) is 51.4 Å². The van der Waals surface area contributed by atoms with Crippen molar-refractivity contribution in [1.29, 1.82) is 0 Å². The summed E-state index contributed by atoms with van der Waals surface area (Å²) in [5.41, 5.74) is 1.49. The molecule has 2 saturated carbocycles. The van der Waals surface area contributed by atoms with E-state index in [1.807, 2.05) is 14.2 Å². The van der Waals surface area contributed by atoms with Crippen molar-refractivity contribution in [1.82, 2.24) is 0 Å². The van der Waals surface area contributed by atoms with E-state index in [1.165, 1.54) is 77.0 Å². The second-order valence-electron chi connectivity index (χ2n) is 6.51. The van der Waals surface area contributed by atoms with Crippen molar-refractivity contribution < 1.29 is 8.85 Å². The normalized spacial score (nSPS) is 24.9. The van der Waals surface area contributed by atoms with Gasteiger partial charge in [0.25, 0.3) is 0 Å². The molecule has 0 atom stereocenters. The lowest BCUT2D eigenvalue weighted by molar-refractivity contribution is 0.205.